The summed E-state index contributed by atoms with van der Waals surface area (Å²) in [4.78, 5) is 0. The van der Waals surface area contributed by atoms with Crippen molar-refractivity contribution in [3.8, 4) is 0 Å². The highest BCUT2D eigenvalue weighted by Crippen LogP contribution is 2.62. The highest BCUT2D eigenvalue weighted by molar-refractivity contribution is 5.23. The lowest BCUT2D eigenvalue weighted by atomic mass is 10.0. The van der Waals surface area contributed by atoms with E-state index in [2.05, 4.69) is 45.1 Å². The van der Waals surface area contributed by atoms with Gasteiger partial charge in [-0.2, -0.15) is 0 Å². The standard InChI is InChI=1S/C15H23NO/c1-14(2)13(15(14,3)4)16-9-11-5-7-12(10-17)8-6-11/h5-8,13,16-17H,9-10H2,1-4H3. The lowest BCUT2D eigenvalue weighted by Crippen LogP contribution is -2.21. The smallest absolute Gasteiger partial charge is 0.0681 e. The number of rotatable bonds is 4. The molecular formula is C15H23NO. The molecule has 94 valence electrons. The molecule has 1 aliphatic carbocycles. The summed E-state index contributed by atoms with van der Waals surface area (Å²) in [6.07, 6.45) is 0. The van der Waals surface area contributed by atoms with Crippen molar-refractivity contribution in [3.05, 3.63) is 35.4 Å². The molecule has 0 aromatic heterocycles. The molecule has 0 bridgehead atoms. The Kier molecular flexibility index (Phi) is 3.04. The number of aliphatic hydroxyl groups is 1. The summed E-state index contributed by atoms with van der Waals surface area (Å²) in [6.45, 7) is 10.3. The Balaban J connectivity index is 1.91. The van der Waals surface area contributed by atoms with Gasteiger partial charge in [0.15, 0.2) is 0 Å². The Morgan fingerprint density at radius 1 is 1.00 bits per heavy atom. The molecular weight excluding hydrogens is 210 g/mol. The molecule has 0 saturated heterocycles. The zero-order chi connectivity index (χ0) is 12.7. The van der Waals surface area contributed by atoms with Crippen LogP contribution >= 0.6 is 0 Å². The van der Waals surface area contributed by atoms with Gasteiger partial charge in [0.05, 0.1) is 6.61 Å². The Labute approximate surface area is 104 Å². The van der Waals surface area contributed by atoms with Crippen molar-refractivity contribution in [1.29, 1.82) is 0 Å². The molecule has 0 aliphatic heterocycles. The lowest BCUT2D eigenvalue weighted by molar-refractivity contribution is 0.282. The van der Waals surface area contributed by atoms with Gasteiger partial charge in [-0.1, -0.05) is 52.0 Å². The van der Waals surface area contributed by atoms with E-state index >= 15 is 0 Å². The number of benzene rings is 1. The van der Waals surface area contributed by atoms with Gasteiger partial charge < -0.3 is 10.4 Å². The summed E-state index contributed by atoms with van der Waals surface area (Å²) in [5, 5.41) is 12.6. The van der Waals surface area contributed by atoms with Gasteiger partial charge >= 0.3 is 0 Å². The summed E-state index contributed by atoms with van der Waals surface area (Å²) in [5.41, 5.74) is 3.03. The first-order valence-corrected chi connectivity index (χ1v) is 6.31. The molecule has 0 atom stereocenters. The second-order valence-electron chi connectivity index (χ2n) is 6.23. The first-order valence-electron chi connectivity index (χ1n) is 6.31. The fourth-order valence-electron chi connectivity index (χ4n) is 2.69. The molecule has 2 rings (SSSR count). The van der Waals surface area contributed by atoms with E-state index in [1.807, 2.05) is 12.1 Å². The van der Waals surface area contributed by atoms with Crippen molar-refractivity contribution in [2.45, 2.75) is 46.9 Å². The molecule has 2 heteroatoms. The molecule has 2 nitrogen and oxygen atoms in total. The monoisotopic (exact) mass is 233 g/mol. The third-order valence-corrected chi connectivity index (χ3v) is 4.74. The molecule has 0 spiro atoms. The SMILES string of the molecule is CC1(C)C(NCc2ccc(CO)cc2)C1(C)C. The van der Waals surface area contributed by atoms with Gasteiger partial charge in [-0.05, 0) is 22.0 Å². The molecule has 0 amide bonds. The Morgan fingerprint density at radius 2 is 1.47 bits per heavy atom. The van der Waals surface area contributed by atoms with Gasteiger partial charge in [0.1, 0.15) is 0 Å². The minimum absolute atomic E-state index is 0.121. The van der Waals surface area contributed by atoms with Crippen LogP contribution in [0.5, 0.6) is 0 Å². The number of hydrogen-bond donors (Lipinski definition) is 2. The topological polar surface area (TPSA) is 32.3 Å². The summed E-state index contributed by atoms with van der Waals surface area (Å²) < 4.78 is 0. The van der Waals surface area contributed by atoms with Crippen LogP contribution in [-0.2, 0) is 13.2 Å². The molecule has 1 aromatic rings. The van der Waals surface area contributed by atoms with Gasteiger partial charge in [0.2, 0.25) is 0 Å². The summed E-state index contributed by atoms with van der Waals surface area (Å²) >= 11 is 0. The van der Waals surface area contributed by atoms with Crippen LogP contribution in [0.15, 0.2) is 24.3 Å². The fourth-order valence-corrected chi connectivity index (χ4v) is 2.69. The normalized spacial score (nSPS) is 21.5. The quantitative estimate of drug-likeness (QED) is 0.838. The molecule has 1 aromatic carbocycles. The van der Waals surface area contributed by atoms with E-state index in [9.17, 15) is 0 Å². The molecule has 2 N–H and O–H groups in total. The van der Waals surface area contributed by atoms with Gasteiger partial charge in [-0.25, -0.2) is 0 Å². The maximum Gasteiger partial charge on any atom is 0.0681 e. The molecule has 1 saturated carbocycles. The van der Waals surface area contributed by atoms with Crippen LogP contribution in [0.3, 0.4) is 0 Å². The zero-order valence-corrected chi connectivity index (χ0v) is 11.2. The molecule has 0 unspecified atom stereocenters. The van der Waals surface area contributed by atoms with Crippen molar-refractivity contribution in [1.82, 2.24) is 5.32 Å². The highest BCUT2D eigenvalue weighted by atomic mass is 16.3. The predicted molar refractivity (Wildman–Crippen MR) is 70.6 cm³/mol. The van der Waals surface area contributed by atoms with Gasteiger partial charge in [-0.15, -0.1) is 0 Å². The predicted octanol–water partition coefficient (Wildman–Crippen LogP) is 2.70. The van der Waals surface area contributed by atoms with Crippen molar-refractivity contribution in [3.63, 3.8) is 0 Å². The number of nitrogens with one attached hydrogen (secondary N) is 1. The average Bonchev–Trinajstić information content (AvgIpc) is 2.68. The third-order valence-electron chi connectivity index (χ3n) is 4.74. The maximum absolute atomic E-state index is 8.98. The zero-order valence-electron chi connectivity index (χ0n) is 11.2. The van der Waals surface area contributed by atoms with E-state index in [0.717, 1.165) is 12.1 Å². The van der Waals surface area contributed by atoms with Gasteiger partial charge in [0.25, 0.3) is 0 Å². The molecule has 0 radical (unpaired) electrons. The Bertz CT molecular complexity index is 378. The number of aliphatic hydroxyl groups excluding tert-OH is 1. The van der Waals surface area contributed by atoms with Crippen molar-refractivity contribution in [2.24, 2.45) is 10.8 Å². The van der Waals surface area contributed by atoms with Crippen LogP contribution in [0, 0.1) is 10.8 Å². The van der Waals surface area contributed by atoms with E-state index in [4.69, 9.17) is 5.11 Å². The van der Waals surface area contributed by atoms with E-state index in [1.165, 1.54) is 5.56 Å². The molecule has 1 fully saturated rings. The minimum Gasteiger partial charge on any atom is -0.392 e. The van der Waals surface area contributed by atoms with Gasteiger partial charge in [0, 0.05) is 12.6 Å². The third kappa shape index (κ3) is 2.12. The molecule has 1 aliphatic rings. The second kappa shape index (κ2) is 4.11. The van der Waals surface area contributed by atoms with E-state index < -0.39 is 0 Å². The first-order chi connectivity index (χ1) is 7.89. The van der Waals surface area contributed by atoms with Crippen molar-refractivity contribution in [2.75, 3.05) is 0 Å². The van der Waals surface area contributed by atoms with Crippen LogP contribution in [0.2, 0.25) is 0 Å². The largest absolute Gasteiger partial charge is 0.392 e. The lowest BCUT2D eigenvalue weighted by Gasteiger charge is -2.07. The van der Waals surface area contributed by atoms with Crippen LogP contribution in [-0.4, -0.2) is 11.1 Å². The van der Waals surface area contributed by atoms with Crippen LogP contribution in [0.4, 0.5) is 0 Å². The van der Waals surface area contributed by atoms with E-state index in [-0.39, 0.29) is 6.61 Å². The highest BCUT2D eigenvalue weighted by Gasteiger charge is 2.64. The molecule has 17 heavy (non-hydrogen) atoms. The first kappa shape index (κ1) is 12.6. The minimum atomic E-state index is 0.121. The Morgan fingerprint density at radius 3 is 1.88 bits per heavy atom. The second-order valence-corrected chi connectivity index (χ2v) is 6.23. The van der Waals surface area contributed by atoms with Crippen LogP contribution in [0.1, 0.15) is 38.8 Å². The Hall–Kier alpha value is -0.860. The summed E-state index contributed by atoms with van der Waals surface area (Å²) in [5.74, 6) is 0. The van der Waals surface area contributed by atoms with Crippen molar-refractivity contribution >= 4 is 0 Å². The van der Waals surface area contributed by atoms with Crippen molar-refractivity contribution < 1.29 is 5.11 Å². The summed E-state index contributed by atoms with van der Waals surface area (Å²) in [6, 6.07) is 8.73. The van der Waals surface area contributed by atoms with Crippen LogP contribution < -0.4 is 5.32 Å². The summed E-state index contributed by atoms with van der Waals surface area (Å²) in [7, 11) is 0. The molecule has 0 heterocycles. The number of hydrogen-bond acceptors (Lipinski definition) is 2. The van der Waals surface area contributed by atoms with E-state index in [0.29, 0.717) is 16.9 Å². The fraction of sp³-hybridized carbons (Fsp3) is 0.600. The van der Waals surface area contributed by atoms with E-state index in [1.54, 1.807) is 0 Å². The maximum atomic E-state index is 8.98. The van der Waals surface area contributed by atoms with Crippen LogP contribution in [0.25, 0.3) is 0 Å². The average molecular weight is 233 g/mol. The van der Waals surface area contributed by atoms with Gasteiger partial charge in [-0.3, -0.25) is 0 Å².